The summed E-state index contributed by atoms with van der Waals surface area (Å²) < 4.78 is 0. The zero-order valence-electron chi connectivity index (χ0n) is 10.3. The molecule has 0 atom stereocenters. The number of hydrogen-bond acceptors (Lipinski definition) is 3. The van der Waals surface area contributed by atoms with Crippen molar-refractivity contribution in [1.82, 2.24) is 10.2 Å². The quantitative estimate of drug-likeness (QED) is 0.744. The fourth-order valence-corrected chi connectivity index (χ4v) is 1.97. The van der Waals surface area contributed by atoms with Crippen LogP contribution in [0.3, 0.4) is 0 Å². The van der Waals surface area contributed by atoms with Gasteiger partial charge in [0.1, 0.15) is 11.6 Å². The van der Waals surface area contributed by atoms with Crippen molar-refractivity contribution in [3.8, 4) is 16.9 Å². The summed E-state index contributed by atoms with van der Waals surface area (Å²) >= 11 is 0. The maximum Gasteiger partial charge on any atom is 0.126 e. The predicted molar refractivity (Wildman–Crippen MR) is 68.9 cm³/mol. The number of aromatic amines is 1. The third-order valence-corrected chi connectivity index (χ3v) is 2.95. The second kappa shape index (κ2) is 4.13. The molecule has 0 saturated heterocycles. The number of aromatic nitrogens is 2. The fraction of sp³-hybridized carbons (Fsp3) is 0.308. The number of phenolic OH excluding ortho intramolecular Hbond substituents is 1. The Morgan fingerprint density at radius 1 is 1.29 bits per heavy atom. The normalized spacial score (nSPS) is 11.1. The number of hydrogen-bond donors (Lipinski definition) is 3. The molecule has 4 N–H and O–H groups in total. The number of anilines is 1. The number of rotatable bonds is 2. The monoisotopic (exact) mass is 231 g/mol. The van der Waals surface area contributed by atoms with E-state index >= 15 is 0 Å². The molecule has 1 heterocycles. The van der Waals surface area contributed by atoms with Crippen molar-refractivity contribution in [2.45, 2.75) is 26.7 Å². The van der Waals surface area contributed by atoms with Gasteiger partial charge in [0.2, 0.25) is 0 Å². The van der Waals surface area contributed by atoms with Gasteiger partial charge in [-0.05, 0) is 41.7 Å². The minimum atomic E-state index is 0.266. The van der Waals surface area contributed by atoms with Gasteiger partial charge in [-0.3, -0.25) is 5.10 Å². The molecule has 1 aromatic heterocycles. The number of aryl methyl sites for hydroxylation is 1. The van der Waals surface area contributed by atoms with Gasteiger partial charge in [-0.1, -0.05) is 13.8 Å². The first-order valence-electron chi connectivity index (χ1n) is 5.63. The van der Waals surface area contributed by atoms with Crippen molar-refractivity contribution < 1.29 is 5.11 Å². The van der Waals surface area contributed by atoms with E-state index in [1.54, 1.807) is 12.3 Å². The van der Waals surface area contributed by atoms with Crippen molar-refractivity contribution in [2.75, 3.05) is 5.73 Å². The Bertz CT molecular complexity index is 544. The van der Waals surface area contributed by atoms with Gasteiger partial charge in [0.15, 0.2) is 0 Å². The molecule has 17 heavy (non-hydrogen) atoms. The van der Waals surface area contributed by atoms with Crippen molar-refractivity contribution >= 4 is 5.82 Å². The number of nitrogens with two attached hydrogens (primary N) is 1. The molecule has 0 bridgehead atoms. The minimum absolute atomic E-state index is 0.266. The molecule has 0 saturated carbocycles. The van der Waals surface area contributed by atoms with Gasteiger partial charge in [0.05, 0.1) is 6.20 Å². The van der Waals surface area contributed by atoms with E-state index in [4.69, 9.17) is 5.73 Å². The molecule has 2 aromatic rings. The topological polar surface area (TPSA) is 74.9 Å². The molecule has 2 rings (SSSR count). The zero-order chi connectivity index (χ0) is 12.6. The van der Waals surface area contributed by atoms with Gasteiger partial charge < -0.3 is 10.8 Å². The van der Waals surface area contributed by atoms with Gasteiger partial charge in [0.25, 0.3) is 0 Å². The second-order valence-corrected chi connectivity index (χ2v) is 4.58. The number of phenols is 1. The Morgan fingerprint density at radius 3 is 2.53 bits per heavy atom. The van der Waals surface area contributed by atoms with E-state index in [9.17, 15) is 5.11 Å². The van der Waals surface area contributed by atoms with Crippen LogP contribution in [0, 0.1) is 6.92 Å². The van der Waals surface area contributed by atoms with Crippen LogP contribution in [0.2, 0.25) is 0 Å². The highest BCUT2D eigenvalue weighted by Crippen LogP contribution is 2.35. The Morgan fingerprint density at radius 2 is 2.00 bits per heavy atom. The SMILES string of the molecule is Cc1cc(O)c(C(C)C)cc1-c1cn[nH]c1N. The van der Waals surface area contributed by atoms with Crippen molar-refractivity contribution in [3.05, 3.63) is 29.5 Å². The summed E-state index contributed by atoms with van der Waals surface area (Å²) in [5, 5.41) is 16.5. The fourth-order valence-electron chi connectivity index (χ4n) is 1.97. The van der Waals surface area contributed by atoms with E-state index in [1.807, 2.05) is 26.8 Å². The van der Waals surface area contributed by atoms with Crippen LogP contribution in [-0.2, 0) is 0 Å². The van der Waals surface area contributed by atoms with Crippen LogP contribution in [0.1, 0.15) is 30.9 Å². The standard InChI is InChI=1S/C13H17N3O/c1-7(2)9-5-10(8(3)4-12(9)17)11-6-15-16-13(11)14/h4-7,17H,1-3H3,(H3,14,15,16). The summed E-state index contributed by atoms with van der Waals surface area (Å²) in [4.78, 5) is 0. The Kier molecular flexibility index (Phi) is 2.79. The van der Waals surface area contributed by atoms with Crippen molar-refractivity contribution in [2.24, 2.45) is 0 Å². The lowest BCUT2D eigenvalue weighted by Crippen LogP contribution is -1.94. The summed E-state index contributed by atoms with van der Waals surface area (Å²) in [6.45, 7) is 6.05. The molecular weight excluding hydrogens is 214 g/mol. The van der Waals surface area contributed by atoms with Crippen LogP contribution < -0.4 is 5.73 Å². The Balaban J connectivity index is 2.63. The lowest BCUT2D eigenvalue weighted by molar-refractivity contribution is 0.464. The maximum atomic E-state index is 9.90. The summed E-state index contributed by atoms with van der Waals surface area (Å²) in [5.41, 5.74) is 9.62. The minimum Gasteiger partial charge on any atom is -0.508 e. The van der Waals surface area contributed by atoms with Crippen LogP contribution in [0.15, 0.2) is 18.3 Å². The van der Waals surface area contributed by atoms with E-state index < -0.39 is 0 Å². The first-order valence-corrected chi connectivity index (χ1v) is 5.63. The first kappa shape index (κ1) is 11.5. The Labute approximate surface area is 100 Å². The van der Waals surface area contributed by atoms with E-state index in [0.717, 1.165) is 22.3 Å². The van der Waals surface area contributed by atoms with E-state index in [1.165, 1.54) is 0 Å². The van der Waals surface area contributed by atoms with Crippen molar-refractivity contribution in [3.63, 3.8) is 0 Å². The molecule has 0 fully saturated rings. The molecule has 0 aliphatic carbocycles. The number of H-pyrrole nitrogens is 1. The van der Waals surface area contributed by atoms with Crippen molar-refractivity contribution in [1.29, 1.82) is 0 Å². The number of nitrogens with one attached hydrogen (secondary N) is 1. The third kappa shape index (κ3) is 1.98. The summed E-state index contributed by atoms with van der Waals surface area (Å²) in [6.07, 6.45) is 1.71. The average molecular weight is 231 g/mol. The van der Waals surface area contributed by atoms with Crippen LogP contribution in [0.5, 0.6) is 5.75 Å². The van der Waals surface area contributed by atoms with Gasteiger partial charge in [-0.25, -0.2) is 0 Å². The predicted octanol–water partition coefficient (Wildman–Crippen LogP) is 2.80. The summed E-state index contributed by atoms with van der Waals surface area (Å²) in [7, 11) is 0. The first-order chi connectivity index (χ1) is 8.00. The molecule has 0 unspecified atom stereocenters. The molecule has 4 nitrogen and oxygen atoms in total. The van der Waals surface area contributed by atoms with Gasteiger partial charge in [-0.2, -0.15) is 5.10 Å². The molecular formula is C13H17N3O. The molecule has 4 heteroatoms. The largest absolute Gasteiger partial charge is 0.508 e. The van der Waals surface area contributed by atoms with Crippen LogP contribution in [0.25, 0.3) is 11.1 Å². The number of nitrogens with zero attached hydrogens (tertiary/aromatic N) is 1. The van der Waals surface area contributed by atoms with E-state index in [-0.39, 0.29) is 5.92 Å². The maximum absolute atomic E-state index is 9.90. The molecule has 0 spiro atoms. The zero-order valence-corrected chi connectivity index (χ0v) is 10.3. The molecule has 0 radical (unpaired) electrons. The lowest BCUT2D eigenvalue weighted by atomic mass is 9.94. The highest BCUT2D eigenvalue weighted by Gasteiger charge is 2.13. The van der Waals surface area contributed by atoms with E-state index in [2.05, 4.69) is 10.2 Å². The number of aromatic hydroxyl groups is 1. The Hall–Kier alpha value is -1.97. The average Bonchev–Trinajstić information content (AvgIpc) is 2.64. The highest BCUT2D eigenvalue weighted by molar-refractivity contribution is 5.77. The molecule has 0 aliphatic heterocycles. The smallest absolute Gasteiger partial charge is 0.126 e. The molecule has 90 valence electrons. The van der Waals surface area contributed by atoms with Gasteiger partial charge in [0, 0.05) is 5.56 Å². The molecule has 1 aromatic carbocycles. The number of benzene rings is 1. The number of nitrogen functional groups attached to an aromatic ring is 1. The van der Waals surface area contributed by atoms with Crippen LogP contribution in [0.4, 0.5) is 5.82 Å². The van der Waals surface area contributed by atoms with Crippen LogP contribution >= 0.6 is 0 Å². The van der Waals surface area contributed by atoms with Crippen LogP contribution in [-0.4, -0.2) is 15.3 Å². The van der Waals surface area contributed by atoms with Gasteiger partial charge in [-0.15, -0.1) is 0 Å². The van der Waals surface area contributed by atoms with Gasteiger partial charge >= 0.3 is 0 Å². The molecule has 0 amide bonds. The second-order valence-electron chi connectivity index (χ2n) is 4.58. The summed E-state index contributed by atoms with van der Waals surface area (Å²) in [5.74, 6) is 1.15. The van der Waals surface area contributed by atoms with E-state index in [0.29, 0.717) is 11.6 Å². The highest BCUT2D eigenvalue weighted by atomic mass is 16.3. The third-order valence-electron chi connectivity index (χ3n) is 2.95. The lowest BCUT2D eigenvalue weighted by Gasteiger charge is -2.13. The molecule has 0 aliphatic rings. The summed E-state index contributed by atoms with van der Waals surface area (Å²) in [6, 6.07) is 3.76.